The van der Waals surface area contributed by atoms with E-state index >= 15 is 0 Å². The summed E-state index contributed by atoms with van der Waals surface area (Å²) in [6.45, 7) is 0.193. The molecule has 2 heterocycles. The molecule has 29 heavy (non-hydrogen) atoms. The van der Waals surface area contributed by atoms with Crippen LogP contribution < -0.4 is 10.5 Å². The summed E-state index contributed by atoms with van der Waals surface area (Å²) in [6.07, 6.45) is 0. The predicted molar refractivity (Wildman–Crippen MR) is 109 cm³/mol. The van der Waals surface area contributed by atoms with Crippen LogP contribution in [0.2, 0.25) is 0 Å². The zero-order valence-corrected chi connectivity index (χ0v) is 17.0. The summed E-state index contributed by atoms with van der Waals surface area (Å²) >= 11 is 1.34. The van der Waals surface area contributed by atoms with Gasteiger partial charge in [-0.1, -0.05) is 42.1 Å². The summed E-state index contributed by atoms with van der Waals surface area (Å²) in [6, 6.07) is 13.9. The lowest BCUT2D eigenvalue weighted by molar-refractivity contribution is 0.527. The van der Waals surface area contributed by atoms with Crippen LogP contribution in [-0.4, -0.2) is 40.5 Å². The third-order valence-corrected chi connectivity index (χ3v) is 6.52. The number of nitrogens with one attached hydrogen (secondary N) is 2. The van der Waals surface area contributed by atoms with Gasteiger partial charge in [-0.15, -0.1) is 5.10 Å². The van der Waals surface area contributed by atoms with Crippen LogP contribution in [0.3, 0.4) is 0 Å². The highest BCUT2D eigenvalue weighted by Gasteiger charge is 2.16. The third kappa shape index (κ3) is 4.11. The zero-order chi connectivity index (χ0) is 20.4. The van der Waals surface area contributed by atoms with Crippen molar-refractivity contribution in [3.8, 4) is 11.4 Å². The highest BCUT2D eigenvalue weighted by atomic mass is 32.2. The molecule has 2 aromatic heterocycles. The molecule has 0 aliphatic carbocycles. The van der Waals surface area contributed by atoms with E-state index in [0.717, 1.165) is 5.56 Å². The van der Waals surface area contributed by atoms with Gasteiger partial charge in [-0.3, -0.25) is 9.67 Å². The van der Waals surface area contributed by atoms with Crippen LogP contribution in [0.1, 0.15) is 0 Å². The van der Waals surface area contributed by atoms with Crippen LogP contribution in [0.5, 0.6) is 0 Å². The smallest absolute Gasteiger partial charge is 0.408 e. The van der Waals surface area contributed by atoms with Gasteiger partial charge in [0.2, 0.25) is 15.2 Å². The van der Waals surface area contributed by atoms with Gasteiger partial charge >= 0.3 is 5.76 Å². The molecule has 0 atom stereocenters. The van der Waals surface area contributed by atoms with Crippen molar-refractivity contribution in [1.82, 2.24) is 24.5 Å². The topological polar surface area (TPSA) is 123 Å². The Morgan fingerprint density at radius 2 is 2.00 bits per heavy atom. The molecule has 0 amide bonds. The summed E-state index contributed by atoms with van der Waals surface area (Å²) in [4.78, 5) is 16.0. The Morgan fingerprint density at radius 3 is 2.79 bits per heavy atom. The van der Waals surface area contributed by atoms with Crippen LogP contribution in [-0.2, 0) is 17.1 Å². The number of aromatic amines is 1. The first-order valence-electron chi connectivity index (χ1n) is 8.64. The number of hydrogen-bond donors (Lipinski definition) is 2. The molecular formula is C18H17N5O4S2. The summed E-state index contributed by atoms with van der Waals surface area (Å²) in [5, 5.41) is 7.54. The molecule has 0 aliphatic rings. The van der Waals surface area contributed by atoms with Gasteiger partial charge in [0.25, 0.3) is 0 Å². The Hall–Kier alpha value is -2.89. The Kier molecular flexibility index (Phi) is 5.26. The van der Waals surface area contributed by atoms with E-state index in [9.17, 15) is 13.2 Å². The van der Waals surface area contributed by atoms with Gasteiger partial charge in [-0.25, -0.2) is 22.9 Å². The first-order valence-corrected chi connectivity index (χ1v) is 11.1. The maximum atomic E-state index is 12.5. The Bertz CT molecular complexity index is 1310. The Labute approximate surface area is 170 Å². The van der Waals surface area contributed by atoms with E-state index in [2.05, 4.69) is 19.9 Å². The summed E-state index contributed by atoms with van der Waals surface area (Å²) < 4.78 is 33.9. The molecule has 0 fully saturated rings. The van der Waals surface area contributed by atoms with E-state index in [4.69, 9.17) is 4.42 Å². The highest BCUT2D eigenvalue weighted by Crippen LogP contribution is 2.20. The number of nitrogens with zero attached hydrogens (tertiary/aromatic N) is 3. The molecule has 150 valence electrons. The molecule has 11 heteroatoms. The van der Waals surface area contributed by atoms with Crippen molar-refractivity contribution in [2.45, 2.75) is 10.1 Å². The molecule has 2 N–H and O–H groups in total. The lowest BCUT2D eigenvalue weighted by atomic mass is 10.2. The second kappa shape index (κ2) is 7.85. The van der Waals surface area contributed by atoms with E-state index in [1.165, 1.54) is 28.5 Å². The lowest BCUT2D eigenvalue weighted by Gasteiger charge is -2.06. The second-order valence-electron chi connectivity index (χ2n) is 6.14. The van der Waals surface area contributed by atoms with E-state index in [0.29, 0.717) is 22.3 Å². The minimum atomic E-state index is -3.73. The van der Waals surface area contributed by atoms with Crippen molar-refractivity contribution < 1.29 is 12.8 Å². The van der Waals surface area contributed by atoms with Crippen LogP contribution >= 0.6 is 11.8 Å². The van der Waals surface area contributed by atoms with Crippen LogP contribution in [0.25, 0.3) is 22.5 Å². The summed E-state index contributed by atoms with van der Waals surface area (Å²) in [5.74, 6) is 0.570. The van der Waals surface area contributed by atoms with Gasteiger partial charge < -0.3 is 4.42 Å². The van der Waals surface area contributed by atoms with E-state index in [-0.39, 0.29) is 17.0 Å². The van der Waals surface area contributed by atoms with Crippen molar-refractivity contribution >= 4 is 32.9 Å². The van der Waals surface area contributed by atoms with Gasteiger partial charge in [-0.2, -0.15) is 0 Å². The number of aromatic nitrogens is 4. The predicted octanol–water partition coefficient (Wildman–Crippen LogP) is 1.99. The molecule has 9 nitrogen and oxygen atoms in total. The molecule has 2 aromatic carbocycles. The third-order valence-electron chi connectivity index (χ3n) is 4.21. The molecule has 0 saturated heterocycles. The van der Waals surface area contributed by atoms with Crippen molar-refractivity contribution in [2.24, 2.45) is 7.05 Å². The Balaban J connectivity index is 1.37. The molecule has 4 aromatic rings. The minimum Gasteiger partial charge on any atom is -0.408 e. The van der Waals surface area contributed by atoms with Crippen molar-refractivity contribution in [3.05, 3.63) is 59.1 Å². The number of fused-ring (bicyclic) bond motifs is 1. The average molecular weight is 431 g/mol. The monoisotopic (exact) mass is 431 g/mol. The molecule has 0 radical (unpaired) electrons. The molecule has 0 saturated carbocycles. The Morgan fingerprint density at radius 1 is 1.21 bits per heavy atom. The van der Waals surface area contributed by atoms with Crippen molar-refractivity contribution in [1.29, 1.82) is 0 Å². The number of aryl methyl sites for hydroxylation is 1. The minimum absolute atomic E-state index is 0.0357. The molecule has 0 bridgehead atoms. The number of thioether (sulfide) groups is 1. The highest BCUT2D eigenvalue weighted by molar-refractivity contribution is 7.99. The van der Waals surface area contributed by atoms with Gasteiger partial charge in [0.15, 0.2) is 11.4 Å². The maximum absolute atomic E-state index is 12.5. The number of rotatable bonds is 7. The second-order valence-corrected chi connectivity index (χ2v) is 8.96. The van der Waals surface area contributed by atoms with E-state index in [1.807, 2.05) is 30.3 Å². The molecule has 0 unspecified atom stereocenters. The van der Waals surface area contributed by atoms with E-state index in [1.54, 1.807) is 13.1 Å². The first-order chi connectivity index (χ1) is 13.9. The fraction of sp³-hybridized carbons (Fsp3) is 0.167. The van der Waals surface area contributed by atoms with Gasteiger partial charge in [0.1, 0.15) is 0 Å². The molecule has 4 rings (SSSR count). The standard InChI is InChI=1S/C18H17N5O4S2/c1-23-14-8-7-13(11-15(14)27-18(23)24)29(25,26)19-9-10-28-17-20-16(21-22-17)12-5-3-2-4-6-12/h2-8,11,19H,9-10H2,1H3,(H,20,21,22). The van der Waals surface area contributed by atoms with Crippen LogP contribution in [0.4, 0.5) is 0 Å². The summed E-state index contributed by atoms with van der Waals surface area (Å²) in [5.41, 5.74) is 1.68. The number of oxazole rings is 1. The fourth-order valence-electron chi connectivity index (χ4n) is 2.72. The van der Waals surface area contributed by atoms with Gasteiger partial charge in [0, 0.05) is 31.0 Å². The number of benzene rings is 2. The van der Waals surface area contributed by atoms with Crippen molar-refractivity contribution in [3.63, 3.8) is 0 Å². The molecule has 0 aliphatic heterocycles. The number of hydrogen-bond acceptors (Lipinski definition) is 7. The largest absolute Gasteiger partial charge is 0.419 e. The maximum Gasteiger partial charge on any atom is 0.419 e. The first kappa shape index (κ1) is 19.4. The fourth-order valence-corrected chi connectivity index (χ4v) is 4.55. The SMILES string of the molecule is Cn1c(=O)oc2cc(S(=O)(=O)NCCSc3n[nH]c(-c4ccccc4)n3)ccc21. The van der Waals surface area contributed by atoms with E-state index < -0.39 is 15.8 Å². The van der Waals surface area contributed by atoms with Crippen LogP contribution in [0.15, 0.2) is 67.8 Å². The van der Waals surface area contributed by atoms with Crippen molar-refractivity contribution in [2.75, 3.05) is 12.3 Å². The lowest BCUT2D eigenvalue weighted by Crippen LogP contribution is -2.26. The number of H-pyrrole nitrogens is 1. The quantitative estimate of drug-likeness (QED) is 0.339. The zero-order valence-electron chi connectivity index (χ0n) is 15.3. The molecule has 0 spiro atoms. The average Bonchev–Trinajstić information content (AvgIpc) is 3.30. The summed E-state index contributed by atoms with van der Waals surface area (Å²) in [7, 11) is -2.17. The normalized spacial score (nSPS) is 11.9. The molecular weight excluding hydrogens is 414 g/mol. The number of sulfonamides is 1. The van der Waals surface area contributed by atoms with Gasteiger partial charge in [0.05, 0.1) is 10.4 Å². The van der Waals surface area contributed by atoms with Crippen LogP contribution in [0, 0.1) is 0 Å². The van der Waals surface area contributed by atoms with Gasteiger partial charge in [-0.05, 0) is 12.1 Å².